The summed E-state index contributed by atoms with van der Waals surface area (Å²) in [4.78, 5) is 14.0. The van der Waals surface area contributed by atoms with Crippen LogP contribution in [0.5, 0.6) is 0 Å². The standard InChI is InChI=1S/C10H7F3N2O/c1-6-9(10(11,12)13)14-8-4-7(5-16)2-3-15(6)8/h2-5H,1H3. The molecule has 2 heterocycles. The van der Waals surface area contributed by atoms with Gasteiger partial charge in [0.25, 0.3) is 0 Å². The lowest BCUT2D eigenvalue weighted by Gasteiger charge is -2.02. The summed E-state index contributed by atoms with van der Waals surface area (Å²) in [6, 6.07) is 2.75. The Hall–Kier alpha value is -1.85. The molecule has 0 radical (unpaired) electrons. The van der Waals surface area contributed by atoms with Crippen LogP contribution in [0.2, 0.25) is 0 Å². The number of hydrogen-bond acceptors (Lipinski definition) is 2. The molecule has 0 aliphatic rings. The second kappa shape index (κ2) is 3.33. The number of nitrogens with zero attached hydrogens (tertiary/aromatic N) is 2. The Labute approximate surface area is 88.5 Å². The number of carbonyl (C=O) groups excluding carboxylic acids is 1. The molecule has 2 rings (SSSR count). The van der Waals surface area contributed by atoms with Crippen molar-refractivity contribution in [1.82, 2.24) is 9.38 Å². The summed E-state index contributed by atoms with van der Waals surface area (Å²) in [6.07, 6.45) is -2.51. The lowest BCUT2D eigenvalue weighted by atomic mass is 10.3. The van der Waals surface area contributed by atoms with Gasteiger partial charge in [-0.2, -0.15) is 13.2 Å². The minimum Gasteiger partial charge on any atom is -0.304 e. The van der Waals surface area contributed by atoms with Crippen LogP contribution in [0.25, 0.3) is 5.65 Å². The van der Waals surface area contributed by atoms with E-state index >= 15 is 0 Å². The number of aldehydes is 1. The molecule has 2 aromatic heterocycles. The number of alkyl halides is 3. The fourth-order valence-corrected chi connectivity index (χ4v) is 1.52. The number of imidazole rings is 1. The van der Waals surface area contributed by atoms with Gasteiger partial charge < -0.3 is 4.40 Å². The van der Waals surface area contributed by atoms with Crippen molar-refractivity contribution in [3.8, 4) is 0 Å². The zero-order chi connectivity index (χ0) is 11.9. The first-order valence-corrected chi connectivity index (χ1v) is 4.44. The molecular formula is C10H7F3N2O. The van der Waals surface area contributed by atoms with Crippen LogP contribution in [0.15, 0.2) is 18.3 Å². The van der Waals surface area contributed by atoms with Gasteiger partial charge in [0.05, 0.1) is 5.69 Å². The molecule has 0 aliphatic heterocycles. The van der Waals surface area contributed by atoms with Gasteiger partial charge in [-0.15, -0.1) is 0 Å². The van der Waals surface area contributed by atoms with Crippen LogP contribution in [0.4, 0.5) is 13.2 Å². The first-order valence-electron chi connectivity index (χ1n) is 4.44. The number of rotatable bonds is 1. The quantitative estimate of drug-likeness (QED) is 0.702. The molecule has 0 amide bonds. The Balaban J connectivity index is 2.72. The van der Waals surface area contributed by atoms with Crippen molar-refractivity contribution in [3.05, 3.63) is 35.3 Å². The van der Waals surface area contributed by atoms with Crippen molar-refractivity contribution in [2.75, 3.05) is 0 Å². The van der Waals surface area contributed by atoms with Gasteiger partial charge in [0.1, 0.15) is 11.9 Å². The van der Waals surface area contributed by atoms with Gasteiger partial charge in [-0.1, -0.05) is 0 Å². The Morgan fingerprint density at radius 3 is 2.69 bits per heavy atom. The molecule has 0 saturated heterocycles. The van der Waals surface area contributed by atoms with E-state index in [1.54, 1.807) is 0 Å². The van der Waals surface area contributed by atoms with Crippen LogP contribution in [0.1, 0.15) is 21.7 Å². The molecule has 6 heteroatoms. The highest BCUT2D eigenvalue weighted by molar-refractivity contribution is 5.76. The van der Waals surface area contributed by atoms with Crippen molar-refractivity contribution in [2.45, 2.75) is 13.1 Å². The average Bonchev–Trinajstić information content (AvgIpc) is 2.55. The number of aromatic nitrogens is 2. The van der Waals surface area contributed by atoms with E-state index in [1.807, 2.05) is 0 Å². The molecule has 0 atom stereocenters. The molecule has 0 aromatic carbocycles. The van der Waals surface area contributed by atoms with Gasteiger partial charge in [-0.25, -0.2) is 4.98 Å². The van der Waals surface area contributed by atoms with E-state index in [0.29, 0.717) is 11.8 Å². The Kier molecular flexibility index (Phi) is 2.22. The van der Waals surface area contributed by atoms with E-state index in [9.17, 15) is 18.0 Å². The summed E-state index contributed by atoms with van der Waals surface area (Å²) in [5, 5.41) is 0. The molecule has 3 nitrogen and oxygen atoms in total. The molecule has 0 saturated carbocycles. The SMILES string of the molecule is Cc1c(C(F)(F)F)nc2cc(C=O)ccn12. The number of pyridine rings is 1. The first kappa shape index (κ1) is 10.7. The van der Waals surface area contributed by atoms with Gasteiger partial charge in [0.2, 0.25) is 0 Å². The summed E-state index contributed by atoms with van der Waals surface area (Å²) in [5.74, 6) is 0. The average molecular weight is 228 g/mol. The van der Waals surface area contributed by atoms with Gasteiger partial charge >= 0.3 is 6.18 Å². The molecule has 84 valence electrons. The molecule has 0 fully saturated rings. The van der Waals surface area contributed by atoms with E-state index < -0.39 is 11.9 Å². The van der Waals surface area contributed by atoms with Crippen LogP contribution < -0.4 is 0 Å². The zero-order valence-corrected chi connectivity index (χ0v) is 8.25. The van der Waals surface area contributed by atoms with E-state index in [-0.39, 0.29) is 11.3 Å². The summed E-state index contributed by atoms with van der Waals surface area (Å²) in [7, 11) is 0. The molecule has 0 bridgehead atoms. The lowest BCUT2D eigenvalue weighted by molar-refractivity contribution is -0.141. The molecule has 16 heavy (non-hydrogen) atoms. The lowest BCUT2D eigenvalue weighted by Crippen LogP contribution is -2.07. The number of halogens is 3. The molecule has 0 N–H and O–H groups in total. The van der Waals surface area contributed by atoms with Crippen molar-refractivity contribution < 1.29 is 18.0 Å². The maximum Gasteiger partial charge on any atom is 0.435 e. The largest absolute Gasteiger partial charge is 0.435 e. The van der Waals surface area contributed by atoms with Crippen molar-refractivity contribution in [2.24, 2.45) is 0 Å². The Morgan fingerprint density at radius 1 is 1.44 bits per heavy atom. The molecule has 0 spiro atoms. The van der Waals surface area contributed by atoms with Crippen LogP contribution in [0.3, 0.4) is 0 Å². The fourth-order valence-electron chi connectivity index (χ4n) is 1.52. The highest BCUT2D eigenvalue weighted by atomic mass is 19.4. The number of carbonyl (C=O) groups is 1. The predicted octanol–water partition coefficient (Wildman–Crippen LogP) is 2.47. The first-order chi connectivity index (χ1) is 7.43. The summed E-state index contributed by atoms with van der Waals surface area (Å²) in [5.41, 5.74) is -0.490. The van der Waals surface area contributed by atoms with Crippen LogP contribution in [-0.2, 0) is 6.18 Å². The van der Waals surface area contributed by atoms with E-state index in [2.05, 4.69) is 4.98 Å². The minimum absolute atomic E-state index is 0.0138. The highest BCUT2D eigenvalue weighted by Gasteiger charge is 2.36. The fraction of sp³-hybridized carbons (Fsp3) is 0.200. The molecule has 0 unspecified atom stereocenters. The smallest absolute Gasteiger partial charge is 0.304 e. The van der Waals surface area contributed by atoms with Crippen molar-refractivity contribution in [3.63, 3.8) is 0 Å². The van der Waals surface area contributed by atoms with Crippen molar-refractivity contribution >= 4 is 11.9 Å². The number of aryl methyl sites for hydroxylation is 1. The van der Waals surface area contributed by atoms with E-state index in [4.69, 9.17) is 0 Å². The maximum absolute atomic E-state index is 12.5. The molecule has 2 aromatic rings. The third-order valence-corrected chi connectivity index (χ3v) is 2.29. The zero-order valence-electron chi connectivity index (χ0n) is 8.25. The van der Waals surface area contributed by atoms with Gasteiger partial charge in [0.15, 0.2) is 5.69 Å². The van der Waals surface area contributed by atoms with Crippen LogP contribution >= 0.6 is 0 Å². The highest BCUT2D eigenvalue weighted by Crippen LogP contribution is 2.31. The topological polar surface area (TPSA) is 34.4 Å². The van der Waals surface area contributed by atoms with E-state index in [0.717, 1.165) is 0 Å². The van der Waals surface area contributed by atoms with Crippen LogP contribution in [-0.4, -0.2) is 15.7 Å². The molecular weight excluding hydrogens is 221 g/mol. The second-order valence-corrected chi connectivity index (χ2v) is 3.35. The number of hydrogen-bond donors (Lipinski definition) is 0. The third-order valence-electron chi connectivity index (χ3n) is 2.29. The normalized spacial score (nSPS) is 12.0. The van der Waals surface area contributed by atoms with Gasteiger partial charge in [-0.05, 0) is 19.1 Å². The summed E-state index contributed by atoms with van der Waals surface area (Å²) in [6.45, 7) is 1.34. The van der Waals surface area contributed by atoms with Crippen molar-refractivity contribution in [1.29, 1.82) is 0 Å². The second-order valence-electron chi connectivity index (χ2n) is 3.35. The van der Waals surface area contributed by atoms with Crippen LogP contribution in [0, 0.1) is 6.92 Å². The molecule has 0 aliphatic carbocycles. The summed E-state index contributed by atoms with van der Waals surface area (Å²) >= 11 is 0. The Morgan fingerprint density at radius 2 is 2.12 bits per heavy atom. The van der Waals surface area contributed by atoms with E-state index in [1.165, 1.54) is 29.7 Å². The third kappa shape index (κ3) is 1.56. The minimum atomic E-state index is -4.47. The predicted molar refractivity (Wildman–Crippen MR) is 50.3 cm³/mol. The monoisotopic (exact) mass is 228 g/mol. The number of fused-ring (bicyclic) bond motifs is 1. The van der Waals surface area contributed by atoms with Gasteiger partial charge in [-0.3, -0.25) is 4.79 Å². The maximum atomic E-state index is 12.5. The summed E-state index contributed by atoms with van der Waals surface area (Å²) < 4.78 is 38.9. The van der Waals surface area contributed by atoms with Gasteiger partial charge in [0, 0.05) is 11.8 Å². The Bertz CT molecular complexity index is 557.